The van der Waals surface area contributed by atoms with Crippen molar-refractivity contribution in [3.8, 4) is 17.2 Å². The molecular formula is C28H19Cl2F3N2O5. The highest BCUT2D eigenvalue weighted by Crippen LogP contribution is 2.33. The Labute approximate surface area is 236 Å². The highest BCUT2D eigenvalue weighted by Gasteiger charge is 2.42. The van der Waals surface area contributed by atoms with E-state index in [4.69, 9.17) is 32.7 Å². The Morgan fingerprint density at radius 1 is 0.850 bits per heavy atom. The minimum Gasteiger partial charge on any atom is -0.487 e. The smallest absolute Gasteiger partial charge is 0.487 e. The molecule has 4 aromatic rings. The summed E-state index contributed by atoms with van der Waals surface area (Å²) in [5.74, 6) is -3.73. The van der Waals surface area contributed by atoms with Crippen LogP contribution in [0.1, 0.15) is 21.5 Å². The van der Waals surface area contributed by atoms with E-state index in [0.717, 1.165) is 5.56 Å². The second-order valence-corrected chi connectivity index (χ2v) is 8.97. The fourth-order valence-corrected chi connectivity index (χ4v) is 3.74. The standard InChI is InChI=1S/C28H19Cl2F3N2O5/c29-19-11-12-21(30)23(14-19)39-16-18-8-4-9-20(24(18)40-27(37)28(31,32)33)26(36)35-25-22(10-5-13-34-25)38-15-17-6-2-1-3-7-17/h1-14H,15-16H2,(H,34,35,36). The topological polar surface area (TPSA) is 86.8 Å². The number of ether oxygens (including phenoxy) is 3. The van der Waals surface area contributed by atoms with Gasteiger partial charge in [0.25, 0.3) is 5.91 Å². The lowest BCUT2D eigenvalue weighted by Gasteiger charge is -2.17. The number of benzene rings is 3. The molecule has 0 fully saturated rings. The van der Waals surface area contributed by atoms with E-state index in [1.54, 1.807) is 12.1 Å². The summed E-state index contributed by atoms with van der Waals surface area (Å²) in [6.07, 6.45) is -3.92. The summed E-state index contributed by atoms with van der Waals surface area (Å²) in [6, 6.07) is 20.7. The van der Waals surface area contributed by atoms with Gasteiger partial charge < -0.3 is 19.5 Å². The van der Waals surface area contributed by atoms with E-state index in [9.17, 15) is 22.8 Å². The van der Waals surface area contributed by atoms with E-state index in [0.29, 0.717) is 5.02 Å². The van der Waals surface area contributed by atoms with Gasteiger partial charge in [-0.1, -0.05) is 65.7 Å². The molecule has 1 aromatic heterocycles. The first kappa shape index (κ1) is 28.7. The molecule has 206 valence electrons. The quantitative estimate of drug-likeness (QED) is 0.163. The Balaban J connectivity index is 1.61. The van der Waals surface area contributed by atoms with Crippen LogP contribution >= 0.6 is 23.2 Å². The van der Waals surface area contributed by atoms with Crippen LogP contribution in [0.15, 0.2) is 85.1 Å². The van der Waals surface area contributed by atoms with Crippen LogP contribution in [0.4, 0.5) is 19.0 Å². The molecule has 1 amide bonds. The monoisotopic (exact) mass is 590 g/mol. The molecule has 7 nitrogen and oxygen atoms in total. The minimum atomic E-state index is -5.32. The third-order valence-corrected chi connectivity index (χ3v) is 5.83. The summed E-state index contributed by atoms with van der Waals surface area (Å²) in [5, 5.41) is 2.99. The second kappa shape index (κ2) is 12.7. The molecule has 40 heavy (non-hydrogen) atoms. The zero-order valence-corrected chi connectivity index (χ0v) is 21.9. The van der Waals surface area contributed by atoms with Crippen molar-refractivity contribution in [1.82, 2.24) is 4.98 Å². The number of halogens is 5. The van der Waals surface area contributed by atoms with E-state index >= 15 is 0 Å². The number of anilines is 1. The average molecular weight is 591 g/mol. The predicted octanol–water partition coefficient (Wildman–Crippen LogP) is 7.27. The molecule has 3 aromatic carbocycles. The van der Waals surface area contributed by atoms with Gasteiger partial charge in [0.05, 0.1) is 10.6 Å². The number of nitrogens with one attached hydrogen (secondary N) is 1. The Morgan fingerprint density at radius 3 is 2.35 bits per heavy atom. The number of alkyl halides is 3. The van der Waals surface area contributed by atoms with Gasteiger partial charge in [0, 0.05) is 22.8 Å². The molecule has 0 aliphatic carbocycles. The predicted molar refractivity (Wildman–Crippen MR) is 142 cm³/mol. The first-order valence-electron chi connectivity index (χ1n) is 11.5. The van der Waals surface area contributed by atoms with Crippen LogP contribution in [0.5, 0.6) is 17.2 Å². The number of amides is 1. The van der Waals surface area contributed by atoms with Gasteiger partial charge in [0.1, 0.15) is 19.0 Å². The fraction of sp³-hybridized carbons (Fsp3) is 0.107. The van der Waals surface area contributed by atoms with Crippen molar-refractivity contribution >= 4 is 40.9 Å². The molecular weight excluding hydrogens is 572 g/mol. The number of rotatable bonds is 9. The number of carbonyl (C=O) groups excluding carboxylic acids is 2. The zero-order chi connectivity index (χ0) is 28.7. The third kappa shape index (κ3) is 7.43. The number of pyridine rings is 1. The maximum absolute atomic E-state index is 13.3. The number of para-hydroxylation sites is 1. The summed E-state index contributed by atoms with van der Waals surface area (Å²) in [4.78, 5) is 29.1. The lowest BCUT2D eigenvalue weighted by molar-refractivity contribution is -0.189. The lowest BCUT2D eigenvalue weighted by atomic mass is 10.1. The maximum Gasteiger partial charge on any atom is 0.491 e. The van der Waals surface area contributed by atoms with Crippen LogP contribution < -0.4 is 19.5 Å². The number of hydrogen-bond acceptors (Lipinski definition) is 6. The average Bonchev–Trinajstić information content (AvgIpc) is 2.93. The highest BCUT2D eigenvalue weighted by molar-refractivity contribution is 6.34. The summed E-state index contributed by atoms with van der Waals surface area (Å²) in [7, 11) is 0. The van der Waals surface area contributed by atoms with Crippen molar-refractivity contribution in [2.24, 2.45) is 0 Å². The van der Waals surface area contributed by atoms with Crippen LogP contribution in [-0.2, 0) is 18.0 Å². The van der Waals surface area contributed by atoms with Gasteiger partial charge in [0.2, 0.25) is 0 Å². The fourth-order valence-electron chi connectivity index (χ4n) is 3.40. The SMILES string of the molecule is O=C(Nc1ncccc1OCc1ccccc1)c1cccc(COc2cc(Cl)ccc2Cl)c1OC(=O)C(F)(F)F. The molecule has 0 aliphatic rings. The van der Waals surface area contributed by atoms with Crippen LogP contribution in [-0.4, -0.2) is 23.0 Å². The van der Waals surface area contributed by atoms with Gasteiger partial charge in [-0.2, -0.15) is 13.2 Å². The number of aromatic nitrogens is 1. The normalized spacial score (nSPS) is 11.0. The van der Waals surface area contributed by atoms with Crippen LogP contribution in [0, 0.1) is 0 Å². The third-order valence-electron chi connectivity index (χ3n) is 5.28. The van der Waals surface area contributed by atoms with Gasteiger partial charge in [0.15, 0.2) is 17.3 Å². The molecule has 0 spiro atoms. The van der Waals surface area contributed by atoms with Gasteiger partial charge in [-0.15, -0.1) is 0 Å². The van der Waals surface area contributed by atoms with Gasteiger partial charge >= 0.3 is 12.1 Å². The first-order chi connectivity index (χ1) is 19.1. The highest BCUT2D eigenvalue weighted by atomic mass is 35.5. The van der Waals surface area contributed by atoms with Gasteiger partial charge in [-0.05, 0) is 35.9 Å². The summed E-state index contributed by atoms with van der Waals surface area (Å²) >= 11 is 12.1. The molecule has 0 atom stereocenters. The van der Waals surface area contributed by atoms with Crippen molar-refractivity contribution in [2.75, 3.05) is 5.32 Å². The molecule has 0 unspecified atom stereocenters. The van der Waals surface area contributed by atoms with E-state index in [-0.39, 0.29) is 40.1 Å². The first-order valence-corrected chi connectivity index (χ1v) is 12.3. The summed E-state index contributed by atoms with van der Waals surface area (Å²) in [6.45, 7) is -0.237. The van der Waals surface area contributed by atoms with E-state index in [2.05, 4.69) is 15.0 Å². The Morgan fingerprint density at radius 2 is 1.60 bits per heavy atom. The lowest BCUT2D eigenvalue weighted by Crippen LogP contribution is -2.29. The molecule has 0 bridgehead atoms. The summed E-state index contributed by atoms with van der Waals surface area (Å²) < 4.78 is 55.4. The number of carbonyl (C=O) groups is 2. The Bertz CT molecular complexity index is 1520. The van der Waals surface area contributed by atoms with E-state index in [1.165, 1.54) is 42.6 Å². The number of hydrogen-bond donors (Lipinski definition) is 1. The van der Waals surface area contributed by atoms with Crippen LogP contribution in [0.3, 0.4) is 0 Å². The summed E-state index contributed by atoms with van der Waals surface area (Å²) in [5.41, 5.74) is 0.441. The van der Waals surface area contributed by atoms with Crippen LogP contribution in [0.25, 0.3) is 0 Å². The Kier molecular flexibility index (Phi) is 9.13. The molecule has 4 rings (SSSR count). The zero-order valence-electron chi connectivity index (χ0n) is 20.4. The van der Waals surface area contributed by atoms with Gasteiger partial charge in [-0.25, -0.2) is 9.78 Å². The minimum absolute atomic E-state index is 0.00360. The molecule has 1 N–H and O–H groups in total. The van der Waals surface area contributed by atoms with Crippen molar-refractivity contribution in [3.05, 3.63) is 112 Å². The van der Waals surface area contributed by atoms with Crippen molar-refractivity contribution in [1.29, 1.82) is 0 Å². The molecule has 0 aliphatic heterocycles. The molecule has 0 saturated carbocycles. The van der Waals surface area contributed by atoms with E-state index in [1.807, 2.05) is 30.3 Å². The second-order valence-electron chi connectivity index (χ2n) is 8.12. The van der Waals surface area contributed by atoms with Crippen molar-refractivity contribution < 1.29 is 37.0 Å². The van der Waals surface area contributed by atoms with Crippen molar-refractivity contribution in [2.45, 2.75) is 19.4 Å². The molecule has 0 saturated heterocycles. The number of nitrogens with zero attached hydrogens (tertiary/aromatic N) is 1. The van der Waals surface area contributed by atoms with Crippen molar-refractivity contribution in [3.63, 3.8) is 0 Å². The largest absolute Gasteiger partial charge is 0.491 e. The number of esters is 1. The molecule has 1 heterocycles. The van der Waals surface area contributed by atoms with Gasteiger partial charge in [-0.3, -0.25) is 4.79 Å². The molecule has 12 heteroatoms. The maximum atomic E-state index is 13.3. The Hall–Kier alpha value is -4.28. The van der Waals surface area contributed by atoms with E-state index < -0.39 is 30.4 Å². The van der Waals surface area contributed by atoms with Crippen LogP contribution in [0.2, 0.25) is 10.0 Å². The molecule has 0 radical (unpaired) electrons.